The van der Waals surface area contributed by atoms with Gasteiger partial charge in [-0.2, -0.15) is 0 Å². The number of nitrogens with zero attached hydrogens (tertiary/aromatic N) is 3. The smallest absolute Gasteiger partial charge is 0.152 e. The lowest BCUT2D eigenvalue weighted by Crippen LogP contribution is -2.23. The lowest BCUT2D eigenvalue weighted by atomic mass is 10.2. The number of rotatable bonds is 8. The van der Waals surface area contributed by atoms with Crippen molar-refractivity contribution in [2.24, 2.45) is 5.73 Å². The summed E-state index contributed by atoms with van der Waals surface area (Å²) < 4.78 is 2.33. The van der Waals surface area contributed by atoms with E-state index in [0.717, 1.165) is 66.5 Å². The average Bonchev–Trinajstić information content (AvgIpc) is 2.95. The van der Waals surface area contributed by atoms with E-state index < -0.39 is 0 Å². The van der Waals surface area contributed by atoms with Crippen LogP contribution in [0.15, 0.2) is 24.3 Å². The van der Waals surface area contributed by atoms with E-state index in [-0.39, 0.29) is 0 Å². The Hall–Kier alpha value is -2.18. The number of nitrogens with one attached hydrogen (secondary N) is 1. The van der Waals surface area contributed by atoms with Crippen LogP contribution in [0.3, 0.4) is 0 Å². The highest BCUT2D eigenvalue weighted by molar-refractivity contribution is 6.06. The molecule has 0 aliphatic rings. The van der Waals surface area contributed by atoms with E-state index >= 15 is 0 Å². The molecule has 6 nitrogen and oxygen atoms in total. The number of unbranched alkanes of at least 4 members (excludes halogenated alkanes) is 1. The number of pyridine rings is 1. The third-order valence-corrected chi connectivity index (χ3v) is 4.29. The number of hydrogen-bond acceptors (Lipinski definition) is 5. The van der Waals surface area contributed by atoms with Crippen LogP contribution < -0.4 is 16.8 Å². The summed E-state index contributed by atoms with van der Waals surface area (Å²) >= 11 is 0. The van der Waals surface area contributed by atoms with E-state index in [1.165, 1.54) is 0 Å². The SMILES string of the molecule is CCCc1nc2c(N)nc3ccccc3c2n1CCCCNCN. The number of imidazole rings is 1. The lowest BCUT2D eigenvalue weighted by molar-refractivity contribution is 0.565. The number of fused-ring (bicyclic) bond motifs is 3. The minimum absolute atomic E-state index is 0.518. The Kier molecular flexibility index (Phi) is 5.27. The maximum absolute atomic E-state index is 6.18. The summed E-state index contributed by atoms with van der Waals surface area (Å²) in [5.41, 5.74) is 14.5. The first kappa shape index (κ1) is 16.7. The predicted molar refractivity (Wildman–Crippen MR) is 99.7 cm³/mol. The number of anilines is 1. The molecule has 0 spiro atoms. The van der Waals surface area contributed by atoms with E-state index in [1.807, 2.05) is 18.2 Å². The van der Waals surface area contributed by atoms with Crippen LogP contribution in [0.4, 0.5) is 5.82 Å². The molecule has 0 saturated heterocycles. The number of hydrogen-bond donors (Lipinski definition) is 3. The van der Waals surface area contributed by atoms with Crippen LogP contribution in [0.1, 0.15) is 32.0 Å². The zero-order valence-corrected chi connectivity index (χ0v) is 14.3. The Morgan fingerprint density at radius 3 is 2.79 bits per heavy atom. The number of nitrogens with two attached hydrogens (primary N) is 2. The fraction of sp³-hybridized carbons (Fsp3) is 0.444. The van der Waals surface area contributed by atoms with E-state index in [1.54, 1.807) is 0 Å². The Morgan fingerprint density at radius 2 is 2.00 bits per heavy atom. The second-order valence-corrected chi connectivity index (χ2v) is 6.05. The molecule has 1 aromatic carbocycles. The van der Waals surface area contributed by atoms with Gasteiger partial charge in [-0.15, -0.1) is 0 Å². The fourth-order valence-electron chi connectivity index (χ4n) is 3.18. The third kappa shape index (κ3) is 3.20. The largest absolute Gasteiger partial charge is 0.382 e. The summed E-state index contributed by atoms with van der Waals surface area (Å²) in [5.74, 6) is 1.62. The molecule has 0 aliphatic heterocycles. The maximum Gasteiger partial charge on any atom is 0.152 e. The molecule has 6 heteroatoms. The molecule has 2 aromatic heterocycles. The molecule has 128 valence electrons. The molecule has 0 aliphatic carbocycles. The van der Waals surface area contributed by atoms with Crippen LogP contribution in [0.2, 0.25) is 0 Å². The second-order valence-electron chi connectivity index (χ2n) is 6.05. The highest BCUT2D eigenvalue weighted by Gasteiger charge is 2.16. The fourth-order valence-corrected chi connectivity index (χ4v) is 3.18. The summed E-state index contributed by atoms with van der Waals surface area (Å²) in [6.07, 6.45) is 4.17. The van der Waals surface area contributed by atoms with Gasteiger partial charge in [0.15, 0.2) is 5.82 Å². The van der Waals surface area contributed by atoms with Crippen molar-refractivity contribution < 1.29 is 0 Å². The Bertz CT molecular complexity index is 823. The number of nitrogen functional groups attached to an aromatic ring is 1. The second kappa shape index (κ2) is 7.59. The highest BCUT2D eigenvalue weighted by atomic mass is 15.1. The van der Waals surface area contributed by atoms with Crippen LogP contribution in [-0.4, -0.2) is 27.7 Å². The van der Waals surface area contributed by atoms with Crippen LogP contribution in [-0.2, 0) is 13.0 Å². The first-order valence-electron chi connectivity index (χ1n) is 8.70. The monoisotopic (exact) mass is 326 g/mol. The molecule has 0 bridgehead atoms. The van der Waals surface area contributed by atoms with Gasteiger partial charge in [0.05, 0.1) is 11.0 Å². The van der Waals surface area contributed by atoms with Crippen LogP contribution in [0.25, 0.3) is 21.9 Å². The summed E-state index contributed by atoms with van der Waals surface area (Å²) in [7, 11) is 0. The molecule has 0 radical (unpaired) electrons. The highest BCUT2D eigenvalue weighted by Crippen LogP contribution is 2.29. The molecule has 0 amide bonds. The van der Waals surface area contributed by atoms with Crippen LogP contribution >= 0.6 is 0 Å². The van der Waals surface area contributed by atoms with Crippen molar-refractivity contribution in [2.45, 2.75) is 39.2 Å². The Labute approximate surface area is 142 Å². The molecule has 5 N–H and O–H groups in total. The summed E-state index contributed by atoms with van der Waals surface area (Å²) in [4.78, 5) is 9.32. The van der Waals surface area contributed by atoms with Crippen molar-refractivity contribution in [1.29, 1.82) is 0 Å². The van der Waals surface area contributed by atoms with Crippen LogP contribution in [0.5, 0.6) is 0 Å². The first-order chi connectivity index (χ1) is 11.8. The summed E-state index contributed by atoms with van der Waals surface area (Å²) in [5, 5.41) is 4.29. The average molecular weight is 326 g/mol. The number of para-hydroxylation sites is 1. The minimum atomic E-state index is 0.518. The minimum Gasteiger partial charge on any atom is -0.382 e. The van der Waals surface area contributed by atoms with Gasteiger partial charge in [-0.25, -0.2) is 9.97 Å². The van der Waals surface area contributed by atoms with Crippen molar-refractivity contribution in [3.8, 4) is 0 Å². The molecule has 0 unspecified atom stereocenters. The Balaban J connectivity index is 2.04. The molecule has 24 heavy (non-hydrogen) atoms. The predicted octanol–water partition coefficient (Wildman–Crippen LogP) is 2.41. The first-order valence-corrected chi connectivity index (χ1v) is 8.70. The van der Waals surface area contributed by atoms with Gasteiger partial charge >= 0.3 is 0 Å². The topological polar surface area (TPSA) is 94.8 Å². The molecular weight excluding hydrogens is 300 g/mol. The summed E-state index contributed by atoms with van der Waals surface area (Å²) in [6.45, 7) is 4.58. The van der Waals surface area contributed by atoms with Crippen molar-refractivity contribution in [3.05, 3.63) is 30.1 Å². The molecule has 0 fully saturated rings. The number of aryl methyl sites for hydroxylation is 2. The van der Waals surface area contributed by atoms with Crippen molar-refractivity contribution >= 4 is 27.8 Å². The van der Waals surface area contributed by atoms with Gasteiger partial charge in [0.2, 0.25) is 0 Å². The molecule has 0 atom stereocenters. The van der Waals surface area contributed by atoms with Gasteiger partial charge < -0.3 is 21.4 Å². The maximum atomic E-state index is 6.18. The van der Waals surface area contributed by atoms with Crippen molar-refractivity contribution in [2.75, 3.05) is 18.9 Å². The summed E-state index contributed by atoms with van der Waals surface area (Å²) in [6, 6.07) is 8.15. The molecule has 2 heterocycles. The van der Waals surface area contributed by atoms with E-state index in [4.69, 9.17) is 16.5 Å². The van der Waals surface area contributed by atoms with E-state index in [9.17, 15) is 0 Å². The van der Waals surface area contributed by atoms with Gasteiger partial charge in [-0.3, -0.25) is 0 Å². The molecule has 3 aromatic rings. The number of benzene rings is 1. The van der Waals surface area contributed by atoms with Gasteiger partial charge in [-0.1, -0.05) is 25.1 Å². The Morgan fingerprint density at radius 1 is 1.17 bits per heavy atom. The molecular formula is C18H26N6. The van der Waals surface area contributed by atoms with Crippen LogP contribution in [0, 0.1) is 0 Å². The van der Waals surface area contributed by atoms with Gasteiger partial charge in [-0.05, 0) is 31.9 Å². The van der Waals surface area contributed by atoms with E-state index in [0.29, 0.717) is 12.5 Å². The van der Waals surface area contributed by atoms with Gasteiger partial charge in [0.1, 0.15) is 11.3 Å². The van der Waals surface area contributed by atoms with Gasteiger partial charge in [0.25, 0.3) is 0 Å². The van der Waals surface area contributed by atoms with E-state index in [2.05, 4.69) is 27.9 Å². The third-order valence-electron chi connectivity index (χ3n) is 4.29. The molecule has 0 saturated carbocycles. The van der Waals surface area contributed by atoms with Gasteiger partial charge in [0, 0.05) is 25.0 Å². The lowest BCUT2D eigenvalue weighted by Gasteiger charge is -2.11. The quantitative estimate of drug-likeness (QED) is 0.436. The standard InChI is InChI=1S/C18H26N6/c1-2-7-15-23-16-17(24(15)11-6-5-10-21-12-19)13-8-3-4-9-14(13)22-18(16)20/h3-4,8-9,21H,2,5-7,10-12,19H2,1H3,(H2,20,22). The molecule has 3 rings (SSSR count). The zero-order valence-electron chi connectivity index (χ0n) is 14.3. The normalized spacial score (nSPS) is 11.6. The van der Waals surface area contributed by atoms with Crippen molar-refractivity contribution in [3.63, 3.8) is 0 Å². The number of aromatic nitrogens is 3. The zero-order chi connectivity index (χ0) is 16.9. The van der Waals surface area contributed by atoms with Crippen molar-refractivity contribution in [1.82, 2.24) is 19.9 Å².